The van der Waals surface area contributed by atoms with Crippen LogP contribution in [0, 0.1) is 6.92 Å². The molecule has 0 aromatic carbocycles. The smallest absolute Gasteiger partial charge is 0.262 e. The van der Waals surface area contributed by atoms with Crippen molar-refractivity contribution in [1.82, 2.24) is 14.9 Å². The maximum absolute atomic E-state index is 12.7. The molecule has 5 nitrogen and oxygen atoms in total. The quantitative estimate of drug-likeness (QED) is 0.918. The fourth-order valence-electron chi connectivity index (χ4n) is 3.28. The second-order valence-electron chi connectivity index (χ2n) is 6.41. The van der Waals surface area contributed by atoms with Gasteiger partial charge in [0.05, 0.1) is 16.6 Å². The minimum absolute atomic E-state index is 0.0573. The number of carbonyl (C=O) groups excluding carboxylic acids is 1. The highest BCUT2D eigenvalue weighted by Crippen LogP contribution is 2.27. The van der Waals surface area contributed by atoms with Crippen LogP contribution in [-0.4, -0.2) is 21.5 Å². The standard InChI is InChI=1S/C17H23N3O2S/c1-11-13-16(18-10-20(2)17(13)22)23-14(11)15(21)19-12-8-6-4-3-5-7-9-12/h10,12H,3-9H2,1-2H3,(H,19,21). The van der Waals surface area contributed by atoms with Gasteiger partial charge in [0.2, 0.25) is 0 Å². The Kier molecular flexibility index (Phi) is 4.80. The van der Waals surface area contributed by atoms with Crippen LogP contribution in [0.1, 0.15) is 60.2 Å². The number of amides is 1. The number of thiophene rings is 1. The molecule has 0 spiro atoms. The van der Waals surface area contributed by atoms with Crippen molar-refractivity contribution < 1.29 is 4.79 Å². The molecule has 1 fully saturated rings. The van der Waals surface area contributed by atoms with E-state index in [1.807, 2.05) is 6.92 Å². The first-order valence-electron chi connectivity index (χ1n) is 8.33. The van der Waals surface area contributed by atoms with Crippen molar-refractivity contribution >= 4 is 27.5 Å². The van der Waals surface area contributed by atoms with E-state index in [0.717, 1.165) is 18.4 Å². The molecule has 0 radical (unpaired) electrons. The van der Waals surface area contributed by atoms with E-state index in [9.17, 15) is 9.59 Å². The first-order valence-corrected chi connectivity index (χ1v) is 9.15. The van der Waals surface area contributed by atoms with Crippen LogP contribution in [-0.2, 0) is 7.05 Å². The van der Waals surface area contributed by atoms with Gasteiger partial charge in [-0.25, -0.2) is 4.98 Å². The molecule has 6 heteroatoms. The molecular weight excluding hydrogens is 310 g/mol. The third-order valence-electron chi connectivity index (χ3n) is 4.66. The Morgan fingerprint density at radius 3 is 2.61 bits per heavy atom. The Morgan fingerprint density at radius 1 is 1.26 bits per heavy atom. The summed E-state index contributed by atoms with van der Waals surface area (Å²) in [5, 5.41) is 3.75. The van der Waals surface area contributed by atoms with Crippen molar-refractivity contribution in [2.24, 2.45) is 7.05 Å². The molecule has 0 atom stereocenters. The largest absolute Gasteiger partial charge is 0.349 e. The lowest BCUT2D eigenvalue weighted by Gasteiger charge is -2.20. The van der Waals surface area contributed by atoms with Crippen molar-refractivity contribution in [3.05, 3.63) is 27.1 Å². The number of aromatic nitrogens is 2. The average molecular weight is 333 g/mol. The van der Waals surface area contributed by atoms with Gasteiger partial charge in [0.25, 0.3) is 11.5 Å². The van der Waals surface area contributed by atoms with Gasteiger partial charge >= 0.3 is 0 Å². The number of fused-ring (bicyclic) bond motifs is 1. The predicted molar refractivity (Wildman–Crippen MR) is 93.2 cm³/mol. The lowest BCUT2D eigenvalue weighted by molar-refractivity contribution is 0.0934. The predicted octanol–water partition coefficient (Wildman–Crippen LogP) is 3.15. The summed E-state index contributed by atoms with van der Waals surface area (Å²) >= 11 is 1.32. The number of hydrogen-bond acceptors (Lipinski definition) is 4. The Bertz CT molecular complexity index is 770. The summed E-state index contributed by atoms with van der Waals surface area (Å²) in [5.74, 6) is -0.0573. The molecule has 1 N–H and O–H groups in total. The summed E-state index contributed by atoms with van der Waals surface area (Å²) in [4.78, 5) is 30.5. The number of nitrogens with one attached hydrogen (secondary N) is 1. The lowest BCUT2D eigenvalue weighted by atomic mass is 9.96. The molecule has 0 unspecified atom stereocenters. The first-order chi connectivity index (χ1) is 11.1. The molecule has 1 aliphatic carbocycles. The SMILES string of the molecule is Cc1c(C(=O)NC2CCCCCCC2)sc2ncn(C)c(=O)c12. The Balaban J connectivity index is 1.84. The number of aryl methyl sites for hydroxylation is 2. The van der Waals surface area contributed by atoms with E-state index in [1.54, 1.807) is 7.05 Å². The zero-order chi connectivity index (χ0) is 16.4. The number of nitrogens with zero attached hydrogens (tertiary/aromatic N) is 2. The lowest BCUT2D eigenvalue weighted by Crippen LogP contribution is -2.35. The molecule has 1 amide bonds. The van der Waals surface area contributed by atoms with E-state index >= 15 is 0 Å². The van der Waals surface area contributed by atoms with Crippen molar-refractivity contribution in [3.8, 4) is 0 Å². The Hall–Kier alpha value is -1.69. The molecule has 0 saturated heterocycles. The molecule has 0 aliphatic heterocycles. The molecule has 23 heavy (non-hydrogen) atoms. The van der Waals surface area contributed by atoms with Crippen LogP contribution in [0.15, 0.2) is 11.1 Å². The van der Waals surface area contributed by atoms with Gasteiger partial charge in [-0.15, -0.1) is 11.3 Å². The zero-order valence-electron chi connectivity index (χ0n) is 13.7. The molecule has 124 valence electrons. The normalized spacial score (nSPS) is 17.0. The van der Waals surface area contributed by atoms with Gasteiger partial charge in [0.1, 0.15) is 4.83 Å². The van der Waals surface area contributed by atoms with E-state index < -0.39 is 0 Å². The molecule has 2 aromatic heterocycles. The van der Waals surface area contributed by atoms with E-state index in [0.29, 0.717) is 15.1 Å². The van der Waals surface area contributed by atoms with E-state index in [2.05, 4.69) is 10.3 Å². The van der Waals surface area contributed by atoms with Crippen molar-refractivity contribution in [3.63, 3.8) is 0 Å². The van der Waals surface area contributed by atoms with Crippen molar-refractivity contribution in [2.75, 3.05) is 0 Å². The highest BCUT2D eigenvalue weighted by atomic mass is 32.1. The van der Waals surface area contributed by atoms with Crippen LogP contribution in [0.4, 0.5) is 0 Å². The number of hydrogen-bond donors (Lipinski definition) is 1. The van der Waals surface area contributed by atoms with E-state index in [1.165, 1.54) is 54.3 Å². The molecule has 2 aromatic rings. The minimum atomic E-state index is -0.0891. The van der Waals surface area contributed by atoms with Gasteiger partial charge in [0.15, 0.2) is 0 Å². The first kappa shape index (κ1) is 16.2. The van der Waals surface area contributed by atoms with Gasteiger partial charge in [-0.1, -0.05) is 32.1 Å². The summed E-state index contributed by atoms with van der Waals surface area (Å²) in [7, 11) is 1.68. The maximum Gasteiger partial charge on any atom is 0.262 e. The molecular formula is C17H23N3O2S. The molecule has 1 aliphatic rings. The fourth-order valence-corrected chi connectivity index (χ4v) is 4.32. The summed E-state index contributed by atoms with van der Waals surface area (Å²) in [5.41, 5.74) is 0.663. The molecule has 2 heterocycles. The van der Waals surface area contributed by atoms with Crippen LogP contribution >= 0.6 is 11.3 Å². The number of rotatable bonds is 2. The molecule has 1 saturated carbocycles. The molecule has 3 rings (SSSR count). The second-order valence-corrected chi connectivity index (χ2v) is 7.41. The Labute approximate surface area is 139 Å². The molecule has 0 bridgehead atoms. The van der Waals surface area contributed by atoms with E-state index in [4.69, 9.17) is 0 Å². The van der Waals surface area contributed by atoms with Crippen LogP contribution in [0.25, 0.3) is 10.2 Å². The third kappa shape index (κ3) is 3.32. The van der Waals surface area contributed by atoms with Gasteiger partial charge in [-0.2, -0.15) is 0 Å². The highest BCUT2D eigenvalue weighted by molar-refractivity contribution is 7.20. The second kappa shape index (κ2) is 6.83. The number of carbonyl (C=O) groups is 1. The monoisotopic (exact) mass is 333 g/mol. The van der Waals surface area contributed by atoms with Crippen LogP contribution in [0.5, 0.6) is 0 Å². The van der Waals surface area contributed by atoms with Gasteiger partial charge in [-0.05, 0) is 25.3 Å². The maximum atomic E-state index is 12.7. The summed E-state index contributed by atoms with van der Waals surface area (Å²) in [6.45, 7) is 1.84. The third-order valence-corrected chi connectivity index (χ3v) is 5.86. The summed E-state index contributed by atoms with van der Waals surface area (Å²) in [6, 6.07) is 0.253. The van der Waals surface area contributed by atoms with Crippen molar-refractivity contribution in [1.29, 1.82) is 0 Å². The fraction of sp³-hybridized carbons (Fsp3) is 0.588. The van der Waals surface area contributed by atoms with Crippen LogP contribution < -0.4 is 10.9 Å². The zero-order valence-corrected chi connectivity index (χ0v) is 14.5. The van der Waals surface area contributed by atoms with E-state index in [-0.39, 0.29) is 17.5 Å². The summed E-state index contributed by atoms with van der Waals surface area (Å²) in [6.07, 6.45) is 9.80. The highest BCUT2D eigenvalue weighted by Gasteiger charge is 2.21. The topological polar surface area (TPSA) is 64.0 Å². The minimum Gasteiger partial charge on any atom is -0.349 e. The van der Waals surface area contributed by atoms with Crippen LogP contribution in [0.2, 0.25) is 0 Å². The summed E-state index contributed by atoms with van der Waals surface area (Å²) < 4.78 is 1.46. The van der Waals surface area contributed by atoms with Crippen LogP contribution in [0.3, 0.4) is 0 Å². The van der Waals surface area contributed by atoms with Gasteiger partial charge in [-0.3, -0.25) is 9.59 Å². The Morgan fingerprint density at radius 2 is 1.91 bits per heavy atom. The van der Waals surface area contributed by atoms with Gasteiger partial charge < -0.3 is 9.88 Å². The average Bonchev–Trinajstić information content (AvgIpc) is 2.83. The van der Waals surface area contributed by atoms with Gasteiger partial charge in [0, 0.05) is 13.1 Å². The van der Waals surface area contributed by atoms with Crippen molar-refractivity contribution in [2.45, 2.75) is 57.9 Å².